The molecule has 0 fully saturated rings. The second kappa shape index (κ2) is 8.29. The summed E-state index contributed by atoms with van der Waals surface area (Å²) in [4.78, 5) is 12.4. The lowest BCUT2D eigenvalue weighted by molar-refractivity contribution is -0.115. The van der Waals surface area contributed by atoms with Gasteiger partial charge >= 0.3 is 0 Å². The van der Waals surface area contributed by atoms with Gasteiger partial charge in [-0.25, -0.2) is 0 Å². The molecule has 0 bridgehead atoms. The van der Waals surface area contributed by atoms with Crippen molar-refractivity contribution in [2.24, 2.45) is 5.92 Å². The minimum atomic E-state index is -0.277. The summed E-state index contributed by atoms with van der Waals surface area (Å²) in [6, 6.07) is 5.36. The third-order valence-electron chi connectivity index (χ3n) is 3.21. The lowest BCUT2D eigenvalue weighted by Crippen LogP contribution is -2.22. The summed E-state index contributed by atoms with van der Waals surface area (Å²) in [7, 11) is 0. The average molecular weight is 398 g/mol. The molecule has 3 rings (SSSR count). The van der Waals surface area contributed by atoms with Gasteiger partial charge in [0.05, 0.1) is 5.25 Å². The first-order valence-corrected chi connectivity index (χ1v) is 10.5. The quantitative estimate of drug-likeness (QED) is 0.704. The number of fused-ring (bicyclic) bond motifs is 1. The van der Waals surface area contributed by atoms with Crippen LogP contribution in [0.1, 0.15) is 20.8 Å². The minimum Gasteiger partial charge on any atom is -0.454 e. The van der Waals surface area contributed by atoms with Crippen LogP contribution in [0.3, 0.4) is 0 Å². The normalized spacial score (nSPS) is 13.9. The molecule has 25 heavy (non-hydrogen) atoms. The number of thioether (sulfide) groups is 2. The Morgan fingerprint density at radius 1 is 1.24 bits per heavy atom. The number of anilines is 1. The van der Waals surface area contributed by atoms with Crippen LogP contribution in [0.2, 0.25) is 0 Å². The van der Waals surface area contributed by atoms with Gasteiger partial charge < -0.3 is 14.8 Å². The fraction of sp³-hybridized carbons (Fsp3) is 0.438. The molecule has 0 aliphatic carbocycles. The van der Waals surface area contributed by atoms with Gasteiger partial charge in [0.2, 0.25) is 12.7 Å². The van der Waals surface area contributed by atoms with Crippen LogP contribution in [0.15, 0.2) is 26.9 Å². The molecule has 9 heteroatoms. The molecule has 0 spiro atoms. The Balaban J connectivity index is 1.54. The van der Waals surface area contributed by atoms with Gasteiger partial charge in [0.25, 0.3) is 0 Å². The van der Waals surface area contributed by atoms with E-state index in [0.29, 0.717) is 23.1 Å². The Morgan fingerprint density at radius 3 is 2.80 bits per heavy atom. The van der Waals surface area contributed by atoms with Gasteiger partial charge in [-0.05, 0) is 25.0 Å². The molecule has 0 saturated carbocycles. The molecule has 0 saturated heterocycles. The summed E-state index contributed by atoms with van der Waals surface area (Å²) in [5.74, 6) is 2.88. The third kappa shape index (κ3) is 5.02. The number of benzene rings is 1. The Bertz CT molecular complexity index is 751. The molecule has 2 heterocycles. The van der Waals surface area contributed by atoms with Crippen molar-refractivity contribution in [1.29, 1.82) is 0 Å². The smallest absolute Gasteiger partial charge is 0.237 e. The van der Waals surface area contributed by atoms with E-state index >= 15 is 0 Å². The van der Waals surface area contributed by atoms with Crippen LogP contribution in [0.4, 0.5) is 5.69 Å². The van der Waals surface area contributed by atoms with E-state index in [1.54, 1.807) is 30.0 Å². The Morgan fingerprint density at radius 2 is 2.00 bits per heavy atom. The van der Waals surface area contributed by atoms with Crippen LogP contribution in [-0.2, 0) is 4.79 Å². The Labute approximate surface area is 159 Å². The highest BCUT2D eigenvalue weighted by Crippen LogP contribution is 2.35. The number of hydrogen-bond donors (Lipinski definition) is 1. The molecule has 1 atom stereocenters. The minimum absolute atomic E-state index is 0.0875. The molecule has 134 valence electrons. The highest BCUT2D eigenvalue weighted by molar-refractivity contribution is 8.03. The van der Waals surface area contributed by atoms with Crippen molar-refractivity contribution >= 4 is 46.5 Å². The second-order valence-corrected chi connectivity index (χ2v) is 9.69. The number of carbonyl (C=O) groups is 1. The number of nitrogens with zero attached hydrogens (tertiary/aromatic N) is 2. The van der Waals surface area contributed by atoms with Gasteiger partial charge in [0.1, 0.15) is 0 Å². The summed E-state index contributed by atoms with van der Waals surface area (Å²) in [5, 5.41) is 11.0. The van der Waals surface area contributed by atoms with Crippen LogP contribution >= 0.6 is 34.9 Å². The van der Waals surface area contributed by atoms with Gasteiger partial charge in [0, 0.05) is 17.5 Å². The zero-order chi connectivity index (χ0) is 17.8. The van der Waals surface area contributed by atoms with Gasteiger partial charge in [-0.3, -0.25) is 4.79 Å². The number of carbonyl (C=O) groups excluding carboxylic acids is 1. The zero-order valence-corrected chi connectivity index (χ0v) is 16.6. The van der Waals surface area contributed by atoms with Crippen LogP contribution in [0, 0.1) is 5.92 Å². The maximum Gasteiger partial charge on any atom is 0.237 e. The van der Waals surface area contributed by atoms with Crippen LogP contribution in [-0.4, -0.2) is 33.9 Å². The van der Waals surface area contributed by atoms with Gasteiger partial charge in [-0.15, -0.1) is 10.2 Å². The zero-order valence-electron chi connectivity index (χ0n) is 14.1. The van der Waals surface area contributed by atoms with E-state index in [4.69, 9.17) is 9.47 Å². The van der Waals surface area contributed by atoms with Gasteiger partial charge in [-0.2, -0.15) is 0 Å². The second-order valence-electron chi connectivity index (χ2n) is 5.86. The van der Waals surface area contributed by atoms with Gasteiger partial charge in [-0.1, -0.05) is 48.7 Å². The number of ether oxygens (including phenoxy) is 2. The molecule has 2 aromatic rings. The van der Waals surface area contributed by atoms with E-state index in [-0.39, 0.29) is 18.0 Å². The molecule has 1 amide bonds. The number of aromatic nitrogens is 2. The van der Waals surface area contributed by atoms with Crippen molar-refractivity contribution in [3.05, 3.63) is 18.2 Å². The molecular weight excluding hydrogens is 378 g/mol. The first-order valence-electron chi connectivity index (χ1n) is 7.84. The van der Waals surface area contributed by atoms with E-state index in [2.05, 4.69) is 29.4 Å². The number of hydrogen-bond acceptors (Lipinski definition) is 8. The highest BCUT2D eigenvalue weighted by atomic mass is 32.2. The van der Waals surface area contributed by atoms with Crippen molar-refractivity contribution in [3.63, 3.8) is 0 Å². The Hall–Kier alpha value is -1.45. The van der Waals surface area contributed by atoms with Crippen molar-refractivity contribution < 1.29 is 14.3 Å². The summed E-state index contributed by atoms with van der Waals surface area (Å²) >= 11 is 4.65. The van der Waals surface area contributed by atoms with E-state index in [1.165, 1.54) is 23.1 Å². The van der Waals surface area contributed by atoms with Crippen LogP contribution in [0.25, 0.3) is 0 Å². The molecule has 1 aromatic carbocycles. The first kappa shape index (κ1) is 18.3. The molecule has 0 unspecified atom stereocenters. The fourth-order valence-corrected chi connectivity index (χ4v) is 5.10. The highest BCUT2D eigenvalue weighted by Gasteiger charge is 2.19. The number of nitrogens with one attached hydrogen (secondary N) is 1. The summed E-state index contributed by atoms with van der Waals surface area (Å²) in [5.41, 5.74) is 0.687. The lowest BCUT2D eigenvalue weighted by atomic mass is 10.2. The largest absolute Gasteiger partial charge is 0.454 e. The van der Waals surface area contributed by atoms with Crippen molar-refractivity contribution in [1.82, 2.24) is 10.2 Å². The molecule has 1 aromatic heterocycles. The van der Waals surface area contributed by atoms with Crippen molar-refractivity contribution in [2.45, 2.75) is 34.7 Å². The van der Waals surface area contributed by atoms with Crippen LogP contribution in [0.5, 0.6) is 11.5 Å². The topological polar surface area (TPSA) is 73.3 Å². The summed E-state index contributed by atoms with van der Waals surface area (Å²) in [6.07, 6.45) is 0. The average Bonchev–Trinajstić information content (AvgIpc) is 3.21. The predicted molar refractivity (Wildman–Crippen MR) is 102 cm³/mol. The van der Waals surface area contributed by atoms with Crippen molar-refractivity contribution in [2.75, 3.05) is 17.9 Å². The first-order chi connectivity index (χ1) is 12.0. The summed E-state index contributed by atoms with van der Waals surface area (Å²) in [6.45, 7) is 6.42. The van der Waals surface area contributed by atoms with E-state index in [1.807, 2.05) is 6.92 Å². The maximum atomic E-state index is 12.4. The monoisotopic (exact) mass is 397 g/mol. The number of rotatable bonds is 7. The summed E-state index contributed by atoms with van der Waals surface area (Å²) < 4.78 is 12.3. The van der Waals surface area contributed by atoms with E-state index < -0.39 is 0 Å². The van der Waals surface area contributed by atoms with E-state index in [0.717, 1.165) is 14.4 Å². The van der Waals surface area contributed by atoms with Gasteiger partial charge in [0.15, 0.2) is 20.2 Å². The Kier molecular flexibility index (Phi) is 6.08. The van der Waals surface area contributed by atoms with E-state index in [9.17, 15) is 4.79 Å². The van der Waals surface area contributed by atoms with Crippen LogP contribution < -0.4 is 14.8 Å². The van der Waals surface area contributed by atoms with Crippen molar-refractivity contribution in [3.8, 4) is 11.5 Å². The standard InChI is InChI=1S/C16H19N3O3S3/c1-9(2)7-23-15-18-19-16(25-15)24-10(3)14(20)17-11-4-5-12-13(6-11)22-8-21-12/h4-6,9-10H,7-8H2,1-3H3,(H,17,20)/t10-/m1/s1. The third-order valence-corrected chi connectivity index (χ3v) is 6.88. The molecular formula is C16H19N3O3S3. The molecule has 1 N–H and O–H groups in total. The number of amides is 1. The molecule has 1 aliphatic heterocycles. The molecule has 1 aliphatic rings. The lowest BCUT2D eigenvalue weighted by Gasteiger charge is -2.10. The molecule has 6 nitrogen and oxygen atoms in total. The predicted octanol–water partition coefficient (Wildman–Crippen LogP) is 4.13. The SMILES string of the molecule is CC(C)CSc1nnc(S[C@H](C)C(=O)Nc2ccc3c(c2)OCO3)s1. The maximum absolute atomic E-state index is 12.4. The molecule has 0 radical (unpaired) electrons. The fourth-order valence-electron chi connectivity index (χ4n) is 1.96.